The van der Waals surface area contributed by atoms with Gasteiger partial charge in [-0.15, -0.1) is 0 Å². The van der Waals surface area contributed by atoms with E-state index < -0.39 is 17.6 Å². The van der Waals surface area contributed by atoms with Gasteiger partial charge in [0, 0.05) is 10.6 Å². The highest BCUT2D eigenvalue weighted by molar-refractivity contribution is 6.47. The third-order valence-electron chi connectivity index (χ3n) is 3.59. The number of aliphatic hydroxyl groups excluding tert-OH is 1. The molecule has 0 aliphatic carbocycles. The van der Waals surface area contributed by atoms with Crippen LogP contribution < -0.4 is 9.64 Å². The van der Waals surface area contributed by atoms with Crippen LogP contribution in [0.5, 0.6) is 5.75 Å². The first-order chi connectivity index (χ1) is 11.4. The van der Waals surface area contributed by atoms with Crippen LogP contribution in [0.2, 0.25) is 10.0 Å². The number of carbonyl (C=O) groups is 2. The van der Waals surface area contributed by atoms with Crippen LogP contribution in [0.4, 0.5) is 5.69 Å². The number of halogens is 2. The third kappa shape index (κ3) is 2.62. The van der Waals surface area contributed by atoms with Gasteiger partial charge in [-0.3, -0.25) is 9.59 Å². The van der Waals surface area contributed by atoms with Gasteiger partial charge in [-0.05, 0) is 36.4 Å². The maximum atomic E-state index is 12.7. The van der Waals surface area contributed by atoms with Crippen molar-refractivity contribution >= 4 is 46.3 Å². The van der Waals surface area contributed by atoms with Gasteiger partial charge in [0.05, 0.1) is 23.4 Å². The summed E-state index contributed by atoms with van der Waals surface area (Å²) in [7, 11) is 1.51. The number of nitrogens with zero attached hydrogens (tertiary/aromatic N) is 1. The number of methoxy groups -OCH3 is 1. The lowest BCUT2D eigenvalue weighted by molar-refractivity contribution is -0.121. The van der Waals surface area contributed by atoms with Crippen molar-refractivity contribution < 1.29 is 19.4 Å². The zero-order valence-electron chi connectivity index (χ0n) is 12.4. The fourth-order valence-corrected chi connectivity index (χ4v) is 2.92. The standard InChI is InChI=1S/C17H11Cl2NO4/c1-24-11-5-3-10(4-6-11)20-16(22)14(15(21)17(20)23)12-7-2-9(18)8-13(12)19/h2-8,21H,1H3. The van der Waals surface area contributed by atoms with Crippen LogP contribution in [-0.2, 0) is 9.59 Å². The van der Waals surface area contributed by atoms with E-state index in [4.69, 9.17) is 27.9 Å². The Morgan fingerprint density at radius 3 is 2.25 bits per heavy atom. The van der Waals surface area contributed by atoms with Crippen molar-refractivity contribution in [3.63, 3.8) is 0 Å². The molecule has 1 heterocycles. The van der Waals surface area contributed by atoms with Gasteiger partial charge in [0.25, 0.3) is 5.91 Å². The topological polar surface area (TPSA) is 66.8 Å². The highest BCUT2D eigenvalue weighted by Gasteiger charge is 2.40. The quantitative estimate of drug-likeness (QED) is 0.841. The van der Waals surface area contributed by atoms with E-state index in [1.54, 1.807) is 24.3 Å². The maximum Gasteiger partial charge on any atom is 0.301 e. The number of rotatable bonds is 3. The monoisotopic (exact) mass is 363 g/mol. The van der Waals surface area contributed by atoms with Crippen molar-refractivity contribution in [1.82, 2.24) is 0 Å². The van der Waals surface area contributed by atoms with Crippen molar-refractivity contribution in [2.45, 2.75) is 0 Å². The normalized spacial score (nSPS) is 14.5. The van der Waals surface area contributed by atoms with Crippen LogP contribution in [0.3, 0.4) is 0 Å². The molecule has 0 aromatic heterocycles. The molecule has 2 amide bonds. The lowest BCUT2D eigenvalue weighted by atomic mass is 10.1. The highest BCUT2D eigenvalue weighted by Crippen LogP contribution is 2.36. The largest absolute Gasteiger partial charge is 0.502 e. The molecule has 2 aromatic carbocycles. The molecule has 3 rings (SSSR count). The summed E-state index contributed by atoms with van der Waals surface area (Å²) in [6.07, 6.45) is 0. The minimum atomic E-state index is -0.814. The lowest BCUT2D eigenvalue weighted by Gasteiger charge is -2.15. The summed E-state index contributed by atoms with van der Waals surface area (Å²) in [5, 5.41) is 10.7. The van der Waals surface area contributed by atoms with E-state index in [-0.39, 0.29) is 16.2 Å². The first kappa shape index (κ1) is 16.4. The fourth-order valence-electron chi connectivity index (χ4n) is 2.42. The summed E-state index contributed by atoms with van der Waals surface area (Å²) < 4.78 is 5.05. The molecule has 0 fully saturated rings. The highest BCUT2D eigenvalue weighted by atomic mass is 35.5. The number of benzene rings is 2. The van der Waals surface area contributed by atoms with Crippen LogP contribution in [0.1, 0.15) is 5.56 Å². The number of aliphatic hydroxyl groups is 1. The average molecular weight is 364 g/mol. The van der Waals surface area contributed by atoms with E-state index in [9.17, 15) is 14.7 Å². The predicted octanol–water partition coefficient (Wildman–Crippen LogP) is 3.84. The van der Waals surface area contributed by atoms with Crippen LogP contribution in [-0.4, -0.2) is 24.0 Å². The fraction of sp³-hybridized carbons (Fsp3) is 0.0588. The van der Waals surface area contributed by atoms with Crippen molar-refractivity contribution in [2.24, 2.45) is 0 Å². The summed E-state index contributed by atoms with van der Waals surface area (Å²) in [6, 6.07) is 10.8. The van der Waals surface area contributed by atoms with Gasteiger partial charge in [0.15, 0.2) is 5.76 Å². The molecule has 24 heavy (non-hydrogen) atoms. The molecule has 1 aliphatic rings. The second-order valence-electron chi connectivity index (χ2n) is 4.99. The Morgan fingerprint density at radius 1 is 1.00 bits per heavy atom. The number of ether oxygens (including phenoxy) is 1. The van der Waals surface area contributed by atoms with Gasteiger partial charge in [-0.25, -0.2) is 4.90 Å². The molecule has 0 spiro atoms. The molecule has 1 N–H and O–H groups in total. The first-order valence-corrected chi connectivity index (χ1v) is 7.61. The van der Waals surface area contributed by atoms with Gasteiger partial charge in [0.1, 0.15) is 5.75 Å². The summed E-state index contributed by atoms with van der Waals surface area (Å²) >= 11 is 11.9. The van der Waals surface area contributed by atoms with Crippen molar-refractivity contribution in [2.75, 3.05) is 12.0 Å². The SMILES string of the molecule is COc1ccc(N2C(=O)C(O)=C(c3ccc(Cl)cc3Cl)C2=O)cc1. The molecular weight excluding hydrogens is 353 g/mol. The van der Waals surface area contributed by atoms with Crippen molar-refractivity contribution in [3.05, 3.63) is 63.8 Å². The molecule has 0 bridgehead atoms. The zero-order valence-corrected chi connectivity index (χ0v) is 13.9. The Morgan fingerprint density at radius 2 is 1.67 bits per heavy atom. The lowest BCUT2D eigenvalue weighted by Crippen LogP contribution is -2.31. The molecule has 122 valence electrons. The number of hydrogen-bond donors (Lipinski definition) is 1. The van der Waals surface area contributed by atoms with E-state index in [1.165, 1.54) is 25.3 Å². The van der Waals surface area contributed by atoms with Gasteiger partial charge < -0.3 is 9.84 Å². The minimum absolute atomic E-state index is 0.155. The number of anilines is 1. The number of imide groups is 1. The van der Waals surface area contributed by atoms with E-state index in [0.29, 0.717) is 16.5 Å². The second kappa shape index (κ2) is 6.19. The number of hydrogen-bond acceptors (Lipinski definition) is 4. The van der Waals surface area contributed by atoms with Gasteiger partial charge in [0.2, 0.25) is 0 Å². The van der Waals surface area contributed by atoms with Crippen molar-refractivity contribution in [3.8, 4) is 5.75 Å². The Bertz CT molecular complexity index is 875. The molecule has 2 aromatic rings. The first-order valence-electron chi connectivity index (χ1n) is 6.85. The van der Waals surface area contributed by atoms with E-state index in [2.05, 4.69) is 0 Å². The van der Waals surface area contributed by atoms with E-state index in [1.807, 2.05) is 0 Å². The van der Waals surface area contributed by atoms with Gasteiger partial charge >= 0.3 is 5.91 Å². The molecule has 5 nitrogen and oxygen atoms in total. The molecule has 0 saturated heterocycles. The van der Waals surface area contributed by atoms with Crippen LogP contribution in [0, 0.1) is 0 Å². The van der Waals surface area contributed by atoms with Gasteiger partial charge in [-0.1, -0.05) is 29.3 Å². The summed E-state index contributed by atoms with van der Waals surface area (Å²) in [5.74, 6) is -1.55. The average Bonchev–Trinajstić information content (AvgIpc) is 2.78. The Balaban J connectivity index is 2.04. The maximum absolute atomic E-state index is 12.7. The molecule has 0 atom stereocenters. The Hall–Kier alpha value is -2.50. The zero-order chi connectivity index (χ0) is 17.4. The Labute approximate surface area is 147 Å². The summed E-state index contributed by atoms with van der Waals surface area (Å²) in [5.41, 5.74) is 0.405. The third-order valence-corrected chi connectivity index (χ3v) is 4.14. The molecule has 0 unspecified atom stereocenters. The molecular formula is C17H11Cl2NO4. The van der Waals surface area contributed by atoms with Crippen LogP contribution >= 0.6 is 23.2 Å². The molecule has 0 radical (unpaired) electrons. The van der Waals surface area contributed by atoms with E-state index in [0.717, 1.165) is 4.90 Å². The smallest absolute Gasteiger partial charge is 0.301 e. The Kier molecular flexibility index (Phi) is 4.22. The van der Waals surface area contributed by atoms with Crippen molar-refractivity contribution in [1.29, 1.82) is 0 Å². The summed E-state index contributed by atoms with van der Waals surface area (Å²) in [4.78, 5) is 25.9. The number of carbonyl (C=O) groups excluding carboxylic acids is 2. The second-order valence-corrected chi connectivity index (χ2v) is 5.84. The summed E-state index contributed by atoms with van der Waals surface area (Å²) in [6.45, 7) is 0. The van der Waals surface area contributed by atoms with Crippen LogP contribution in [0.15, 0.2) is 48.2 Å². The van der Waals surface area contributed by atoms with Gasteiger partial charge in [-0.2, -0.15) is 0 Å². The number of amides is 2. The van der Waals surface area contributed by atoms with Crippen LogP contribution in [0.25, 0.3) is 5.57 Å². The predicted molar refractivity (Wildman–Crippen MR) is 91.5 cm³/mol. The molecule has 0 saturated carbocycles. The minimum Gasteiger partial charge on any atom is -0.502 e. The molecule has 7 heteroatoms. The molecule has 1 aliphatic heterocycles. The van der Waals surface area contributed by atoms with E-state index >= 15 is 0 Å².